The van der Waals surface area contributed by atoms with Crippen LogP contribution in [0.3, 0.4) is 0 Å². The lowest BCUT2D eigenvalue weighted by atomic mass is 10.0. The average molecular weight is 214 g/mol. The standard InChI is InChI=1S/C11H22N2O2/c1-5-13(9-7-12-8-9)10(14)6-11(2,3)15-4/h9,12H,5-8H2,1-4H3. The van der Waals surface area contributed by atoms with Gasteiger partial charge in [-0.2, -0.15) is 0 Å². The van der Waals surface area contributed by atoms with Gasteiger partial charge in [0.15, 0.2) is 0 Å². The second-order valence-corrected chi connectivity index (χ2v) is 4.63. The normalized spacial score (nSPS) is 17.3. The van der Waals surface area contributed by atoms with Crippen LogP contribution in [0, 0.1) is 0 Å². The number of nitrogens with one attached hydrogen (secondary N) is 1. The molecule has 1 amide bonds. The summed E-state index contributed by atoms with van der Waals surface area (Å²) in [4.78, 5) is 13.9. The fourth-order valence-corrected chi connectivity index (χ4v) is 1.67. The summed E-state index contributed by atoms with van der Waals surface area (Å²) in [5, 5.41) is 3.18. The lowest BCUT2D eigenvalue weighted by molar-refractivity contribution is -0.139. The molecule has 88 valence electrons. The second kappa shape index (κ2) is 4.94. The molecule has 0 atom stereocenters. The molecule has 1 aliphatic rings. The van der Waals surface area contributed by atoms with Crippen molar-refractivity contribution in [3.8, 4) is 0 Å². The van der Waals surface area contributed by atoms with Gasteiger partial charge in [-0.05, 0) is 20.8 Å². The highest BCUT2D eigenvalue weighted by Crippen LogP contribution is 2.16. The number of amides is 1. The first-order valence-electron chi connectivity index (χ1n) is 5.55. The third-order valence-corrected chi connectivity index (χ3v) is 2.99. The van der Waals surface area contributed by atoms with E-state index in [1.165, 1.54) is 0 Å². The van der Waals surface area contributed by atoms with Gasteiger partial charge in [-0.3, -0.25) is 4.79 Å². The van der Waals surface area contributed by atoms with Gasteiger partial charge in [-0.25, -0.2) is 0 Å². The highest BCUT2D eigenvalue weighted by Gasteiger charge is 2.30. The van der Waals surface area contributed by atoms with Crippen LogP contribution in [0.25, 0.3) is 0 Å². The van der Waals surface area contributed by atoms with Crippen LogP contribution in [0.5, 0.6) is 0 Å². The largest absolute Gasteiger partial charge is 0.378 e. The van der Waals surface area contributed by atoms with E-state index in [4.69, 9.17) is 4.74 Å². The fourth-order valence-electron chi connectivity index (χ4n) is 1.67. The topological polar surface area (TPSA) is 41.6 Å². The maximum absolute atomic E-state index is 12.0. The molecule has 1 N–H and O–H groups in total. The van der Waals surface area contributed by atoms with Gasteiger partial charge in [-0.1, -0.05) is 0 Å². The van der Waals surface area contributed by atoms with Crippen LogP contribution in [-0.4, -0.2) is 49.2 Å². The van der Waals surface area contributed by atoms with Crippen LogP contribution >= 0.6 is 0 Å². The number of nitrogens with zero attached hydrogens (tertiary/aromatic N) is 1. The van der Waals surface area contributed by atoms with Gasteiger partial charge in [0, 0.05) is 26.7 Å². The molecule has 1 saturated heterocycles. The van der Waals surface area contributed by atoms with Gasteiger partial charge in [0.2, 0.25) is 5.91 Å². The molecule has 4 nitrogen and oxygen atoms in total. The lowest BCUT2D eigenvalue weighted by Crippen LogP contribution is -2.59. The lowest BCUT2D eigenvalue weighted by Gasteiger charge is -2.39. The Hall–Kier alpha value is -0.610. The van der Waals surface area contributed by atoms with Gasteiger partial charge in [-0.15, -0.1) is 0 Å². The Morgan fingerprint density at radius 3 is 2.47 bits per heavy atom. The summed E-state index contributed by atoms with van der Waals surface area (Å²) >= 11 is 0. The summed E-state index contributed by atoms with van der Waals surface area (Å²) in [6.07, 6.45) is 0.452. The van der Waals surface area contributed by atoms with E-state index in [0.717, 1.165) is 19.6 Å². The molecule has 0 aromatic heterocycles. The Morgan fingerprint density at radius 2 is 2.13 bits per heavy atom. The SMILES string of the molecule is CCN(C(=O)CC(C)(C)OC)C1CNC1. The zero-order valence-electron chi connectivity index (χ0n) is 10.2. The van der Waals surface area contributed by atoms with E-state index in [-0.39, 0.29) is 11.5 Å². The Morgan fingerprint density at radius 1 is 1.53 bits per heavy atom. The van der Waals surface area contributed by atoms with Crippen molar-refractivity contribution in [1.82, 2.24) is 10.2 Å². The van der Waals surface area contributed by atoms with Crippen molar-refractivity contribution in [3.63, 3.8) is 0 Å². The molecule has 0 aromatic carbocycles. The average Bonchev–Trinajstić information content (AvgIpc) is 2.10. The molecule has 0 spiro atoms. The Labute approximate surface area is 92.0 Å². The van der Waals surface area contributed by atoms with Gasteiger partial charge in [0.1, 0.15) is 0 Å². The van der Waals surface area contributed by atoms with Crippen molar-refractivity contribution in [3.05, 3.63) is 0 Å². The minimum absolute atomic E-state index is 0.191. The van der Waals surface area contributed by atoms with Crippen molar-refractivity contribution < 1.29 is 9.53 Å². The highest BCUT2D eigenvalue weighted by atomic mass is 16.5. The van der Waals surface area contributed by atoms with Crippen LogP contribution in [0.15, 0.2) is 0 Å². The van der Waals surface area contributed by atoms with E-state index in [1.807, 2.05) is 25.7 Å². The summed E-state index contributed by atoms with van der Waals surface area (Å²) in [5.41, 5.74) is -0.359. The zero-order valence-corrected chi connectivity index (χ0v) is 10.2. The quantitative estimate of drug-likeness (QED) is 0.729. The van der Waals surface area contributed by atoms with E-state index in [9.17, 15) is 4.79 Å². The van der Waals surface area contributed by atoms with E-state index in [0.29, 0.717) is 12.5 Å². The molecule has 4 heteroatoms. The van der Waals surface area contributed by atoms with Crippen LogP contribution in [0.1, 0.15) is 27.2 Å². The molecule has 1 aliphatic heterocycles. The number of carbonyl (C=O) groups excluding carboxylic acids is 1. The van der Waals surface area contributed by atoms with Crippen LogP contribution < -0.4 is 5.32 Å². The summed E-state index contributed by atoms with van der Waals surface area (Å²) < 4.78 is 5.27. The van der Waals surface area contributed by atoms with Crippen molar-refractivity contribution in [2.75, 3.05) is 26.7 Å². The monoisotopic (exact) mass is 214 g/mol. The van der Waals surface area contributed by atoms with E-state index < -0.39 is 0 Å². The van der Waals surface area contributed by atoms with Crippen molar-refractivity contribution in [1.29, 1.82) is 0 Å². The molecule has 0 bridgehead atoms. The van der Waals surface area contributed by atoms with Crippen molar-refractivity contribution in [2.24, 2.45) is 0 Å². The van der Waals surface area contributed by atoms with Crippen LogP contribution in [0.2, 0.25) is 0 Å². The maximum atomic E-state index is 12.0. The Balaban J connectivity index is 2.49. The Kier molecular flexibility index (Phi) is 4.11. The first kappa shape index (κ1) is 12.5. The number of ether oxygens (including phenoxy) is 1. The first-order valence-corrected chi connectivity index (χ1v) is 5.55. The summed E-state index contributed by atoms with van der Waals surface area (Å²) in [6, 6.07) is 0.384. The predicted octanol–water partition coefficient (Wildman–Crippen LogP) is 0.622. The smallest absolute Gasteiger partial charge is 0.225 e. The van der Waals surface area contributed by atoms with Gasteiger partial charge >= 0.3 is 0 Å². The highest BCUT2D eigenvalue weighted by molar-refractivity contribution is 5.77. The van der Waals surface area contributed by atoms with Crippen molar-refractivity contribution >= 4 is 5.91 Å². The second-order valence-electron chi connectivity index (χ2n) is 4.63. The number of hydrogen-bond acceptors (Lipinski definition) is 3. The molecular weight excluding hydrogens is 192 g/mol. The third kappa shape index (κ3) is 3.18. The number of carbonyl (C=O) groups is 1. The molecule has 1 heterocycles. The molecule has 15 heavy (non-hydrogen) atoms. The molecular formula is C11H22N2O2. The van der Waals surface area contributed by atoms with Crippen LogP contribution in [-0.2, 0) is 9.53 Å². The van der Waals surface area contributed by atoms with E-state index >= 15 is 0 Å². The molecule has 1 fully saturated rings. The molecule has 0 aliphatic carbocycles. The minimum Gasteiger partial charge on any atom is -0.378 e. The molecule has 0 unspecified atom stereocenters. The number of methoxy groups -OCH3 is 1. The molecule has 0 radical (unpaired) electrons. The first-order chi connectivity index (χ1) is 7.00. The van der Waals surface area contributed by atoms with E-state index in [2.05, 4.69) is 5.32 Å². The number of hydrogen-bond donors (Lipinski definition) is 1. The summed E-state index contributed by atoms with van der Waals surface area (Å²) in [6.45, 7) is 8.54. The van der Waals surface area contributed by atoms with Crippen LogP contribution in [0.4, 0.5) is 0 Å². The summed E-state index contributed by atoms with van der Waals surface area (Å²) in [7, 11) is 1.65. The Bertz CT molecular complexity index is 225. The minimum atomic E-state index is -0.359. The third-order valence-electron chi connectivity index (χ3n) is 2.99. The number of rotatable bonds is 5. The van der Waals surface area contributed by atoms with Crippen molar-refractivity contribution in [2.45, 2.75) is 38.8 Å². The zero-order chi connectivity index (χ0) is 11.5. The molecule has 1 rings (SSSR count). The molecule has 0 aromatic rings. The maximum Gasteiger partial charge on any atom is 0.225 e. The summed E-state index contributed by atoms with van der Waals surface area (Å²) in [5.74, 6) is 0.191. The molecule has 0 saturated carbocycles. The van der Waals surface area contributed by atoms with Gasteiger partial charge in [0.25, 0.3) is 0 Å². The van der Waals surface area contributed by atoms with E-state index in [1.54, 1.807) is 7.11 Å². The predicted molar refractivity (Wildman–Crippen MR) is 59.7 cm³/mol. The van der Waals surface area contributed by atoms with Gasteiger partial charge < -0.3 is 15.0 Å². The fraction of sp³-hybridized carbons (Fsp3) is 0.909. The van der Waals surface area contributed by atoms with Gasteiger partial charge in [0.05, 0.1) is 18.1 Å². The number of likely N-dealkylation sites (N-methyl/N-ethyl adjacent to an activating group) is 1.